The Hall–Kier alpha value is -0.980. The van der Waals surface area contributed by atoms with Crippen LogP contribution in [0.3, 0.4) is 0 Å². The molecule has 5 heteroatoms. The molecule has 30 heavy (non-hydrogen) atoms. The number of piperidine rings is 2. The van der Waals surface area contributed by atoms with Gasteiger partial charge in [-0.05, 0) is 64.3 Å². The molecule has 0 saturated carbocycles. The van der Waals surface area contributed by atoms with Crippen molar-refractivity contribution in [1.29, 1.82) is 0 Å². The third kappa shape index (κ3) is 5.83. The van der Waals surface area contributed by atoms with Crippen molar-refractivity contribution in [3.05, 3.63) is 35.4 Å². The zero-order valence-corrected chi connectivity index (χ0v) is 19.0. The van der Waals surface area contributed by atoms with Crippen LogP contribution in [-0.2, 0) is 0 Å². The van der Waals surface area contributed by atoms with E-state index in [4.69, 9.17) is 0 Å². The molecule has 0 amide bonds. The van der Waals surface area contributed by atoms with E-state index in [9.17, 15) is 5.11 Å². The van der Waals surface area contributed by atoms with Crippen molar-refractivity contribution in [3.63, 3.8) is 0 Å². The average Bonchev–Trinajstić information content (AvgIpc) is 2.80. The number of likely N-dealkylation sites (tertiary alicyclic amines) is 2. The molecule has 1 atom stereocenters. The van der Waals surface area contributed by atoms with E-state index in [-0.39, 0.29) is 6.61 Å². The van der Waals surface area contributed by atoms with E-state index in [0.29, 0.717) is 6.04 Å². The molecule has 1 unspecified atom stereocenters. The Labute approximate surface area is 183 Å². The number of hydrogen-bond donors (Lipinski definition) is 1. The zero-order valence-electron chi connectivity index (χ0n) is 19.0. The summed E-state index contributed by atoms with van der Waals surface area (Å²) in [6.07, 6.45) is 6.91. The normalized spacial score (nSPS) is 24.9. The highest BCUT2D eigenvalue weighted by Gasteiger charge is 2.30. The molecule has 3 aliphatic rings. The van der Waals surface area contributed by atoms with Gasteiger partial charge in [0, 0.05) is 51.4 Å². The smallest absolute Gasteiger partial charge is 0.0558 e. The van der Waals surface area contributed by atoms with Gasteiger partial charge in [0.15, 0.2) is 0 Å². The maximum absolute atomic E-state index is 9.26. The number of aryl methyl sites for hydroxylation is 1. The molecule has 0 aromatic heterocycles. The molecule has 168 valence electrons. The van der Waals surface area contributed by atoms with E-state index in [2.05, 4.69) is 50.8 Å². The Morgan fingerprint density at radius 1 is 0.833 bits per heavy atom. The van der Waals surface area contributed by atoms with Crippen molar-refractivity contribution >= 4 is 0 Å². The summed E-state index contributed by atoms with van der Waals surface area (Å²) < 4.78 is 0. The molecule has 1 aromatic rings. The van der Waals surface area contributed by atoms with E-state index >= 15 is 0 Å². The molecule has 0 bridgehead atoms. The fraction of sp³-hybridized carbons (Fsp3) is 0.760. The Balaban J connectivity index is 1.36. The van der Waals surface area contributed by atoms with Gasteiger partial charge in [0.2, 0.25) is 0 Å². The topological polar surface area (TPSA) is 33.2 Å². The van der Waals surface area contributed by atoms with Crippen molar-refractivity contribution in [2.75, 3.05) is 72.1 Å². The van der Waals surface area contributed by atoms with Crippen LogP contribution in [0.15, 0.2) is 24.3 Å². The first-order chi connectivity index (χ1) is 14.7. The Morgan fingerprint density at radius 3 is 2.13 bits per heavy atom. The summed E-state index contributed by atoms with van der Waals surface area (Å²) in [6, 6.07) is 10.5. The van der Waals surface area contributed by atoms with Gasteiger partial charge in [-0.15, -0.1) is 0 Å². The van der Waals surface area contributed by atoms with Crippen molar-refractivity contribution in [3.8, 4) is 0 Å². The van der Waals surface area contributed by atoms with Crippen LogP contribution < -0.4 is 0 Å². The quantitative estimate of drug-likeness (QED) is 0.742. The largest absolute Gasteiger partial charge is 0.395 e. The molecule has 4 rings (SSSR count). The van der Waals surface area contributed by atoms with E-state index in [0.717, 1.165) is 45.3 Å². The molecular formula is C25H42N4O. The van der Waals surface area contributed by atoms with E-state index < -0.39 is 0 Å². The third-order valence-corrected chi connectivity index (χ3v) is 7.62. The van der Waals surface area contributed by atoms with Gasteiger partial charge in [0.1, 0.15) is 0 Å². The number of aliphatic hydroxyl groups excluding tert-OH is 1. The first kappa shape index (κ1) is 22.2. The first-order valence-electron chi connectivity index (χ1n) is 12.3. The average molecular weight is 415 g/mol. The van der Waals surface area contributed by atoms with Crippen LogP contribution in [0.25, 0.3) is 0 Å². The Morgan fingerprint density at radius 2 is 1.50 bits per heavy atom. The molecule has 3 saturated heterocycles. The second-order valence-corrected chi connectivity index (χ2v) is 9.66. The predicted octanol–water partition coefficient (Wildman–Crippen LogP) is 2.60. The minimum Gasteiger partial charge on any atom is -0.395 e. The number of piperazine rings is 1. The highest BCUT2D eigenvalue weighted by molar-refractivity contribution is 5.24. The van der Waals surface area contributed by atoms with E-state index in [1.54, 1.807) is 0 Å². The van der Waals surface area contributed by atoms with Crippen molar-refractivity contribution in [2.45, 2.75) is 51.1 Å². The lowest BCUT2D eigenvalue weighted by molar-refractivity contribution is 0.0474. The van der Waals surface area contributed by atoms with Crippen LogP contribution in [0.2, 0.25) is 0 Å². The van der Waals surface area contributed by atoms with Crippen LogP contribution in [0, 0.1) is 6.92 Å². The highest BCUT2D eigenvalue weighted by atomic mass is 16.3. The fourth-order valence-electron chi connectivity index (χ4n) is 5.66. The van der Waals surface area contributed by atoms with Gasteiger partial charge >= 0.3 is 0 Å². The summed E-state index contributed by atoms with van der Waals surface area (Å²) in [5.74, 6) is 0. The maximum atomic E-state index is 9.26. The first-order valence-corrected chi connectivity index (χ1v) is 12.3. The van der Waals surface area contributed by atoms with Crippen molar-refractivity contribution in [1.82, 2.24) is 19.6 Å². The summed E-state index contributed by atoms with van der Waals surface area (Å²) in [6.45, 7) is 13.9. The van der Waals surface area contributed by atoms with Crippen LogP contribution >= 0.6 is 0 Å². The molecule has 0 radical (unpaired) electrons. The SMILES string of the molecule is Cc1ccc(C(CN2CCC(N3CCCCC3)CC2)N2CCN(CCO)CC2)cc1. The molecule has 0 aliphatic carbocycles. The van der Waals surface area contributed by atoms with Gasteiger partial charge in [0.25, 0.3) is 0 Å². The minimum absolute atomic E-state index is 0.271. The van der Waals surface area contributed by atoms with Crippen LogP contribution in [0.1, 0.15) is 49.3 Å². The number of nitrogens with zero attached hydrogens (tertiary/aromatic N) is 4. The lowest BCUT2D eigenvalue weighted by Gasteiger charge is -2.44. The summed E-state index contributed by atoms with van der Waals surface area (Å²) in [4.78, 5) is 10.6. The van der Waals surface area contributed by atoms with Gasteiger partial charge in [-0.2, -0.15) is 0 Å². The number of hydrogen-bond acceptors (Lipinski definition) is 5. The van der Waals surface area contributed by atoms with E-state index in [1.807, 2.05) is 0 Å². The summed E-state index contributed by atoms with van der Waals surface area (Å²) in [7, 11) is 0. The number of aliphatic hydroxyl groups is 1. The second kappa shape index (κ2) is 11.1. The van der Waals surface area contributed by atoms with Crippen molar-refractivity contribution < 1.29 is 5.11 Å². The lowest BCUT2D eigenvalue weighted by atomic mass is 9.97. The van der Waals surface area contributed by atoms with Gasteiger partial charge in [-0.25, -0.2) is 0 Å². The molecule has 3 aliphatic heterocycles. The highest BCUT2D eigenvalue weighted by Crippen LogP contribution is 2.27. The molecule has 0 spiro atoms. The summed E-state index contributed by atoms with van der Waals surface area (Å²) >= 11 is 0. The van der Waals surface area contributed by atoms with Crippen molar-refractivity contribution in [2.24, 2.45) is 0 Å². The Kier molecular flexibility index (Phi) is 8.19. The number of benzene rings is 1. The zero-order chi connectivity index (χ0) is 20.8. The minimum atomic E-state index is 0.271. The van der Waals surface area contributed by atoms with Gasteiger partial charge in [-0.1, -0.05) is 36.2 Å². The molecular weight excluding hydrogens is 372 g/mol. The fourth-order valence-corrected chi connectivity index (χ4v) is 5.66. The molecule has 3 heterocycles. The number of β-amino-alcohol motifs (C(OH)–C–C–N with tert-alkyl or cyclic N) is 1. The summed E-state index contributed by atoms with van der Waals surface area (Å²) in [5, 5.41) is 9.26. The van der Waals surface area contributed by atoms with Crippen LogP contribution in [0.4, 0.5) is 0 Å². The van der Waals surface area contributed by atoms with Gasteiger partial charge in [-0.3, -0.25) is 9.80 Å². The Bertz CT molecular complexity index is 615. The van der Waals surface area contributed by atoms with Crippen LogP contribution in [-0.4, -0.2) is 103 Å². The number of rotatable bonds is 7. The van der Waals surface area contributed by atoms with Gasteiger partial charge < -0.3 is 14.9 Å². The lowest BCUT2D eigenvalue weighted by Crippen LogP contribution is -2.52. The standard InChI is InChI=1S/C25H42N4O/c1-22-5-7-23(8-6-22)25(29-17-15-26(16-18-29)19-20-30)21-27-13-9-24(10-14-27)28-11-3-2-4-12-28/h5-8,24-25,30H,2-4,9-21H2,1H3. The summed E-state index contributed by atoms with van der Waals surface area (Å²) in [5.41, 5.74) is 2.81. The monoisotopic (exact) mass is 414 g/mol. The molecule has 1 aromatic carbocycles. The second-order valence-electron chi connectivity index (χ2n) is 9.66. The molecule has 5 nitrogen and oxygen atoms in total. The third-order valence-electron chi connectivity index (χ3n) is 7.62. The molecule has 1 N–H and O–H groups in total. The van der Waals surface area contributed by atoms with Crippen LogP contribution in [0.5, 0.6) is 0 Å². The predicted molar refractivity (Wildman–Crippen MR) is 124 cm³/mol. The van der Waals surface area contributed by atoms with E-state index in [1.165, 1.54) is 69.4 Å². The maximum Gasteiger partial charge on any atom is 0.0558 e. The van der Waals surface area contributed by atoms with Gasteiger partial charge in [0.05, 0.1) is 6.61 Å². The molecule has 3 fully saturated rings.